The molecule has 0 fully saturated rings. The molecule has 0 saturated heterocycles. The van der Waals surface area contributed by atoms with Crippen LogP contribution in [0.5, 0.6) is 5.75 Å². The number of hydrogen-bond acceptors (Lipinski definition) is 4. The van der Waals surface area contributed by atoms with Crippen LogP contribution >= 0.6 is 11.8 Å². The van der Waals surface area contributed by atoms with Gasteiger partial charge in [-0.3, -0.25) is 4.57 Å². The molecule has 0 amide bonds. The van der Waals surface area contributed by atoms with Gasteiger partial charge < -0.3 is 9.64 Å². The van der Waals surface area contributed by atoms with Crippen LogP contribution in [0.25, 0.3) is 5.82 Å². The summed E-state index contributed by atoms with van der Waals surface area (Å²) in [4.78, 5) is 5.85. The van der Waals surface area contributed by atoms with Crippen molar-refractivity contribution < 1.29 is 17.9 Å². The number of nitrogens with zero attached hydrogens (tertiary/aromatic N) is 3. The molecule has 1 aliphatic heterocycles. The SMILES string of the molecule is CCCCCCCCOc1ccc(N2CSC=C2n2ccnc2)cc1C(F)(F)F. The first-order valence-corrected chi connectivity index (χ1v) is 11.0. The van der Waals surface area contributed by atoms with Crippen LogP contribution in [0.15, 0.2) is 42.3 Å². The largest absolute Gasteiger partial charge is 0.493 e. The van der Waals surface area contributed by atoms with Crippen molar-refractivity contribution in [2.24, 2.45) is 0 Å². The predicted octanol–water partition coefficient (Wildman–Crippen LogP) is 6.61. The van der Waals surface area contributed by atoms with Crippen molar-refractivity contribution in [2.75, 3.05) is 17.4 Å². The first kappa shape index (κ1) is 21.6. The van der Waals surface area contributed by atoms with E-state index in [9.17, 15) is 13.2 Å². The lowest BCUT2D eigenvalue weighted by molar-refractivity contribution is -0.138. The summed E-state index contributed by atoms with van der Waals surface area (Å²) in [5, 5.41) is 1.91. The van der Waals surface area contributed by atoms with Gasteiger partial charge in [0.1, 0.15) is 17.9 Å². The number of halogens is 3. The fourth-order valence-corrected chi connectivity index (χ4v) is 4.12. The Labute approximate surface area is 173 Å². The van der Waals surface area contributed by atoms with Gasteiger partial charge >= 0.3 is 6.18 Å². The van der Waals surface area contributed by atoms with E-state index in [2.05, 4.69) is 11.9 Å². The van der Waals surface area contributed by atoms with E-state index in [1.165, 1.54) is 43.2 Å². The number of imidazole rings is 1. The average molecular weight is 426 g/mol. The molecule has 1 aromatic carbocycles. The second kappa shape index (κ2) is 10.1. The van der Waals surface area contributed by atoms with Gasteiger partial charge in [0.25, 0.3) is 0 Å². The summed E-state index contributed by atoms with van der Waals surface area (Å²) in [6.07, 6.45) is 6.94. The zero-order valence-corrected chi connectivity index (χ0v) is 17.3. The van der Waals surface area contributed by atoms with Crippen molar-refractivity contribution in [2.45, 2.75) is 51.6 Å². The highest BCUT2D eigenvalue weighted by Crippen LogP contribution is 2.41. The predicted molar refractivity (Wildman–Crippen MR) is 112 cm³/mol. The molecule has 0 spiro atoms. The molecule has 0 bridgehead atoms. The van der Waals surface area contributed by atoms with Crippen molar-refractivity contribution in [3.8, 4) is 5.75 Å². The molecule has 29 heavy (non-hydrogen) atoms. The summed E-state index contributed by atoms with van der Waals surface area (Å²) in [6, 6.07) is 4.29. The van der Waals surface area contributed by atoms with Crippen molar-refractivity contribution >= 4 is 23.3 Å². The van der Waals surface area contributed by atoms with Gasteiger partial charge in [0, 0.05) is 23.5 Å². The number of unbranched alkanes of at least 4 members (excludes halogenated alkanes) is 5. The molecule has 2 aromatic rings. The highest BCUT2D eigenvalue weighted by Gasteiger charge is 2.35. The summed E-state index contributed by atoms with van der Waals surface area (Å²) in [6.45, 7) is 2.45. The first-order chi connectivity index (χ1) is 14.0. The van der Waals surface area contributed by atoms with E-state index in [0.717, 1.165) is 25.1 Å². The summed E-state index contributed by atoms with van der Waals surface area (Å²) < 4.78 is 48.3. The number of ether oxygens (including phenoxy) is 1. The number of anilines is 1. The summed E-state index contributed by atoms with van der Waals surface area (Å²) in [7, 11) is 0. The van der Waals surface area contributed by atoms with E-state index >= 15 is 0 Å². The Bertz CT molecular complexity index is 806. The van der Waals surface area contributed by atoms with E-state index in [1.807, 2.05) is 10.3 Å². The quantitative estimate of drug-likeness (QED) is 0.401. The molecule has 0 atom stereocenters. The van der Waals surface area contributed by atoms with Gasteiger partial charge in [-0.15, -0.1) is 11.8 Å². The summed E-state index contributed by atoms with van der Waals surface area (Å²) >= 11 is 1.53. The Morgan fingerprint density at radius 3 is 2.66 bits per heavy atom. The van der Waals surface area contributed by atoms with E-state index in [0.29, 0.717) is 18.2 Å². The second-order valence-electron chi connectivity index (χ2n) is 6.96. The second-order valence-corrected chi connectivity index (χ2v) is 7.79. The Kier molecular flexibility index (Phi) is 7.52. The molecule has 0 saturated carbocycles. The topological polar surface area (TPSA) is 30.3 Å². The van der Waals surface area contributed by atoms with Crippen LogP contribution in [-0.2, 0) is 6.18 Å². The highest BCUT2D eigenvalue weighted by molar-refractivity contribution is 8.02. The standard InChI is InChI=1S/C21H26F3N3OS/c1-2-3-4-5-6-7-12-28-19-9-8-17(13-18(19)21(22,23)24)27-16-29-14-20(27)26-11-10-25-15-26/h8-11,13-15H,2-7,12,16H2,1H3. The number of aromatic nitrogens is 2. The lowest BCUT2D eigenvalue weighted by Crippen LogP contribution is -2.21. The lowest BCUT2D eigenvalue weighted by atomic mass is 10.1. The van der Waals surface area contributed by atoms with Crippen LogP contribution in [0.1, 0.15) is 51.0 Å². The minimum absolute atomic E-state index is 0.102. The number of thioether (sulfide) groups is 1. The maximum absolute atomic E-state index is 13.7. The fraction of sp³-hybridized carbons (Fsp3) is 0.476. The maximum atomic E-state index is 13.7. The molecule has 0 aliphatic carbocycles. The van der Waals surface area contributed by atoms with Gasteiger partial charge in [-0.05, 0) is 24.6 Å². The molecular weight excluding hydrogens is 399 g/mol. The Morgan fingerprint density at radius 1 is 1.14 bits per heavy atom. The molecule has 8 heteroatoms. The van der Waals surface area contributed by atoms with Gasteiger partial charge in [0.05, 0.1) is 18.0 Å². The molecule has 158 valence electrons. The van der Waals surface area contributed by atoms with Crippen LogP contribution < -0.4 is 9.64 Å². The molecule has 1 aromatic heterocycles. The molecular formula is C21H26F3N3OS. The third-order valence-electron chi connectivity index (χ3n) is 4.77. The van der Waals surface area contributed by atoms with E-state index in [-0.39, 0.29) is 5.75 Å². The van der Waals surface area contributed by atoms with Crippen LogP contribution in [0.3, 0.4) is 0 Å². The van der Waals surface area contributed by atoms with Crippen molar-refractivity contribution in [1.82, 2.24) is 9.55 Å². The first-order valence-electron chi connectivity index (χ1n) is 9.92. The zero-order valence-electron chi connectivity index (χ0n) is 16.5. The van der Waals surface area contributed by atoms with Gasteiger partial charge in [-0.1, -0.05) is 39.0 Å². The third-order valence-corrected chi connectivity index (χ3v) is 5.56. The molecule has 0 unspecified atom stereocenters. The van der Waals surface area contributed by atoms with E-state index < -0.39 is 11.7 Å². The monoisotopic (exact) mass is 425 g/mol. The zero-order chi connectivity index (χ0) is 20.7. The van der Waals surface area contributed by atoms with Crippen LogP contribution in [0.2, 0.25) is 0 Å². The normalized spacial score (nSPS) is 14.3. The minimum atomic E-state index is -4.47. The maximum Gasteiger partial charge on any atom is 0.420 e. The van der Waals surface area contributed by atoms with E-state index in [1.54, 1.807) is 29.4 Å². The summed E-state index contributed by atoms with van der Waals surface area (Å²) in [5.41, 5.74) is -0.253. The van der Waals surface area contributed by atoms with Gasteiger partial charge in [-0.2, -0.15) is 13.2 Å². The third kappa shape index (κ3) is 5.72. The fourth-order valence-electron chi connectivity index (χ4n) is 3.22. The molecule has 3 rings (SSSR count). The van der Waals surface area contributed by atoms with E-state index in [4.69, 9.17) is 4.74 Å². The van der Waals surface area contributed by atoms with Crippen LogP contribution in [0.4, 0.5) is 18.9 Å². The van der Waals surface area contributed by atoms with Gasteiger partial charge in [-0.25, -0.2) is 4.98 Å². The smallest absolute Gasteiger partial charge is 0.420 e. The highest BCUT2D eigenvalue weighted by atomic mass is 32.2. The van der Waals surface area contributed by atoms with Crippen molar-refractivity contribution in [3.63, 3.8) is 0 Å². The minimum Gasteiger partial charge on any atom is -0.493 e. The van der Waals surface area contributed by atoms with Crippen LogP contribution in [-0.4, -0.2) is 22.0 Å². The van der Waals surface area contributed by atoms with Gasteiger partial charge in [0.2, 0.25) is 0 Å². The Balaban J connectivity index is 1.69. The Morgan fingerprint density at radius 2 is 1.93 bits per heavy atom. The van der Waals surface area contributed by atoms with Crippen LogP contribution in [0, 0.1) is 0 Å². The number of hydrogen-bond donors (Lipinski definition) is 0. The summed E-state index contributed by atoms with van der Waals surface area (Å²) in [5.74, 6) is 1.22. The molecule has 1 aliphatic rings. The van der Waals surface area contributed by atoms with Crippen molar-refractivity contribution in [3.05, 3.63) is 47.9 Å². The molecule has 0 radical (unpaired) electrons. The molecule has 2 heterocycles. The number of rotatable bonds is 10. The number of alkyl halides is 3. The molecule has 0 N–H and O–H groups in total. The Hall–Kier alpha value is -2.09. The number of benzene rings is 1. The van der Waals surface area contributed by atoms with Gasteiger partial charge in [0.15, 0.2) is 0 Å². The average Bonchev–Trinajstić information content (AvgIpc) is 3.38. The van der Waals surface area contributed by atoms with Crippen molar-refractivity contribution in [1.29, 1.82) is 0 Å². The molecule has 4 nitrogen and oxygen atoms in total. The lowest BCUT2D eigenvalue weighted by Gasteiger charge is -2.24.